The van der Waals surface area contributed by atoms with Crippen molar-refractivity contribution >= 4 is 21.6 Å². The van der Waals surface area contributed by atoms with Gasteiger partial charge in [0.25, 0.3) is 0 Å². The van der Waals surface area contributed by atoms with Gasteiger partial charge in [-0.1, -0.05) is 0 Å². The van der Waals surface area contributed by atoms with Crippen LogP contribution in [0.3, 0.4) is 0 Å². The summed E-state index contributed by atoms with van der Waals surface area (Å²) in [5, 5.41) is -5.40. The highest BCUT2D eigenvalue weighted by molar-refractivity contribution is 8.77. The number of halogens is 8. The molecule has 13 heavy (non-hydrogen) atoms. The summed E-state index contributed by atoms with van der Waals surface area (Å²) in [7, 11) is -3.06. The lowest BCUT2D eigenvalue weighted by atomic mass is 10.7. The summed E-state index contributed by atoms with van der Waals surface area (Å²) in [6.07, 6.45) is -5.98. The van der Waals surface area contributed by atoms with Crippen molar-refractivity contribution in [3.05, 3.63) is 0 Å². The van der Waals surface area contributed by atoms with Crippen LogP contribution in [0.4, 0.5) is 35.1 Å². The Morgan fingerprint density at radius 1 is 0.615 bits per heavy atom. The molecular weight excluding hydrogens is 252 g/mol. The summed E-state index contributed by atoms with van der Waals surface area (Å²) in [6, 6.07) is 0. The van der Waals surface area contributed by atoms with Gasteiger partial charge in [-0.3, -0.25) is 0 Å². The van der Waals surface area contributed by atoms with Crippen molar-refractivity contribution in [2.75, 3.05) is 0 Å². The van der Waals surface area contributed by atoms with Crippen molar-refractivity contribution in [1.82, 2.24) is 0 Å². The quantitative estimate of drug-likeness (QED) is 0.537. The number of hydrogen-bond donors (Lipinski definition) is 0. The maximum absolute atomic E-state index is 11.8. The fourth-order valence-corrected chi connectivity index (χ4v) is 1.32. The van der Waals surface area contributed by atoms with Crippen molar-refractivity contribution in [2.24, 2.45) is 0 Å². The molecule has 0 spiro atoms. The van der Waals surface area contributed by atoms with Crippen LogP contribution in [0.25, 0.3) is 0 Å². The van der Waals surface area contributed by atoms with E-state index in [-0.39, 0.29) is 0 Å². The van der Waals surface area contributed by atoms with Gasteiger partial charge in [-0.2, -0.15) is 35.1 Å². The van der Waals surface area contributed by atoms with E-state index in [1.54, 1.807) is 0 Å². The zero-order chi connectivity index (χ0) is 10.9. The van der Waals surface area contributed by atoms with E-state index >= 15 is 0 Å². The van der Waals surface area contributed by atoms with Gasteiger partial charge in [0.1, 0.15) is 0 Å². The Morgan fingerprint density at radius 3 is 1.23 bits per heavy atom. The molecule has 80 valence electrons. The zero-order valence-corrected chi connectivity index (χ0v) is 6.97. The molecule has 0 aliphatic rings. The van der Waals surface area contributed by atoms with E-state index in [0.717, 1.165) is 0 Å². The van der Waals surface area contributed by atoms with Gasteiger partial charge in [0.05, 0.1) is 0 Å². The molecule has 0 saturated heterocycles. The molecule has 0 aromatic rings. The summed E-state index contributed by atoms with van der Waals surface area (Å²) in [4.78, 5) is 0. The van der Waals surface area contributed by atoms with E-state index in [9.17, 15) is 35.1 Å². The summed E-state index contributed by atoms with van der Waals surface area (Å²) < 4.78 is 91.0. The van der Waals surface area contributed by atoms with Gasteiger partial charge >= 0.3 is 16.9 Å². The molecule has 0 heterocycles. The molecule has 0 fully saturated rings. The van der Waals surface area contributed by atoms with Crippen molar-refractivity contribution < 1.29 is 35.1 Å². The zero-order valence-electron chi connectivity index (χ0n) is 5.34. The largest absolute Gasteiger partial charge is 0.464 e. The minimum Gasteiger partial charge on any atom is -0.183 e. The first-order valence-corrected chi connectivity index (χ1v) is 4.49. The second-order valence-electron chi connectivity index (χ2n) is 1.63. The molecule has 0 saturated carbocycles. The van der Waals surface area contributed by atoms with Crippen LogP contribution in [-0.2, 0) is 0 Å². The number of hydrogen-bond acceptors (Lipinski definition) is 2. The van der Waals surface area contributed by atoms with E-state index in [1.165, 1.54) is 0 Å². The van der Waals surface area contributed by atoms with Crippen molar-refractivity contribution in [1.29, 1.82) is 0 Å². The fourth-order valence-electron chi connectivity index (χ4n) is 0.147. The Labute approximate surface area is 74.4 Å². The normalized spacial score (nSPS) is 14.8. The highest BCUT2D eigenvalue weighted by atomic mass is 33.1. The van der Waals surface area contributed by atoms with E-state index in [0.29, 0.717) is 0 Å². The van der Waals surface area contributed by atoms with Crippen LogP contribution in [0, 0.1) is 0 Å². The van der Waals surface area contributed by atoms with Crippen LogP contribution in [0.15, 0.2) is 0 Å². The van der Waals surface area contributed by atoms with E-state index in [4.69, 9.17) is 0 Å². The van der Waals surface area contributed by atoms with Crippen molar-refractivity contribution in [2.45, 2.75) is 16.9 Å². The molecule has 0 aromatic carbocycles. The van der Waals surface area contributed by atoms with E-state index in [2.05, 4.69) is 0 Å². The van der Waals surface area contributed by atoms with Gasteiger partial charge in [-0.05, 0) is 10.8 Å². The molecule has 0 aliphatic heterocycles. The summed E-state index contributed by atoms with van der Waals surface area (Å²) in [5.74, 6) is 0. The third-order valence-electron chi connectivity index (χ3n) is 0.571. The Hall–Kier alpha value is 0.140. The first-order chi connectivity index (χ1) is 5.46. The number of rotatable bonds is 2. The molecule has 0 aromatic heterocycles. The summed E-state index contributed by atoms with van der Waals surface area (Å²) >= 11 is 0. The third-order valence-corrected chi connectivity index (χ3v) is 2.73. The van der Waals surface area contributed by atoms with Gasteiger partial charge in [0.2, 0.25) is 0 Å². The first-order valence-electron chi connectivity index (χ1n) is 2.34. The number of alkyl halides is 8. The lowest BCUT2D eigenvalue weighted by Gasteiger charge is -2.18. The Morgan fingerprint density at radius 2 is 1.00 bits per heavy atom. The second kappa shape index (κ2) is 3.71. The van der Waals surface area contributed by atoms with Crippen LogP contribution < -0.4 is 0 Å². The van der Waals surface area contributed by atoms with Crippen LogP contribution in [0.1, 0.15) is 0 Å². The minimum atomic E-state index is -5.98. The first kappa shape index (κ1) is 13.1. The molecule has 0 nitrogen and oxygen atoms in total. The predicted molar refractivity (Wildman–Crippen MR) is 32.2 cm³/mol. The molecule has 0 amide bonds. The molecule has 0 N–H and O–H groups in total. The van der Waals surface area contributed by atoms with Crippen LogP contribution in [-0.4, -0.2) is 16.9 Å². The van der Waals surface area contributed by atoms with Gasteiger partial charge in [0.15, 0.2) is 0 Å². The lowest BCUT2D eigenvalue weighted by molar-refractivity contribution is -0.237. The standard InChI is InChI=1S/C3F8S2/c4-1(5,6)2(7,8)12-13-3(9,10)11. The van der Waals surface area contributed by atoms with Gasteiger partial charge in [-0.15, -0.1) is 0 Å². The molecule has 0 radical (unpaired) electrons. The van der Waals surface area contributed by atoms with Crippen molar-refractivity contribution in [3.8, 4) is 0 Å². The highest BCUT2D eigenvalue weighted by Crippen LogP contribution is 2.53. The predicted octanol–water partition coefficient (Wildman–Crippen LogP) is 4.04. The van der Waals surface area contributed by atoms with E-state index in [1.807, 2.05) is 0 Å². The maximum atomic E-state index is 11.8. The van der Waals surface area contributed by atoms with Crippen molar-refractivity contribution in [3.63, 3.8) is 0 Å². The average Bonchev–Trinajstić information content (AvgIpc) is 1.79. The molecule has 0 atom stereocenters. The highest BCUT2D eigenvalue weighted by Gasteiger charge is 2.60. The maximum Gasteiger partial charge on any atom is 0.464 e. The molecule has 0 aliphatic carbocycles. The third kappa shape index (κ3) is 4.79. The lowest BCUT2D eigenvalue weighted by Crippen LogP contribution is -2.32. The summed E-state index contributed by atoms with van der Waals surface area (Å²) in [5.41, 5.74) is -5.13. The monoisotopic (exact) mass is 252 g/mol. The van der Waals surface area contributed by atoms with Crippen LogP contribution in [0.2, 0.25) is 0 Å². The molecule has 0 bridgehead atoms. The molecule has 10 heteroatoms. The topological polar surface area (TPSA) is 0 Å². The molecule has 0 unspecified atom stereocenters. The average molecular weight is 252 g/mol. The molecule has 0 rings (SSSR count). The Bertz CT molecular complexity index is 167. The van der Waals surface area contributed by atoms with Crippen LogP contribution >= 0.6 is 21.6 Å². The summed E-state index contributed by atoms with van der Waals surface area (Å²) in [6.45, 7) is 0. The van der Waals surface area contributed by atoms with Gasteiger partial charge in [0, 0.05) is 10.8 Å². The SMILES string of the molecule is FC(F)(F)SSC(F)(F)C(F)(F)F. The van der Waals surface area contributed by atoms with Gasteiger partial charge < -0.3 is 0 Å². The van der Waals surface area contributed by atoms with Gasteiger partial charge in [-0.25, -0.2) is 0 Å². The molecular formula is C3F8S2. The van der Waals surface area contributed by atoms with Crippen LogP contribution in [0.5, 0.6) is 0 Å². The second-order valence-corrected chi connectivity index (χ2v) is 3.94. The smallest absolute Gasteiger partial charge is 0.183 e. The fraction of sp³-hybridized carbons (Fsp3) is 1.00. The Balaban J connectivity index is 4.21. The Kier molecular flexibility index (Phi) is 3.75. The van der Waals surface area contributed by atoms with E-state index < -0.39 is 38.5 Å². The minimum absolute atomic E-state index is 1.49.